The van der Waals surface area contributed by atoms with Gasteiger partial charge in [-0.3, -0.25) is 0 Å². The zero-order chi connectivity index (χ0) is 14.1. The average molecular weight is 268 g/mol. The van der Waals surface area contributed by atoms with Crippen LogP contribution in [0.15, 0.2) is 30.3 Å². The molecular weight excluding hydrogens is 244 g/mol. The molecule has 19 heavy (non-hydrogen) atoms. The molecule has 0 aliphatic rings. The second-order valence-electron chi connectivity index (χ2n) is 4.37. The van der Waals surface area contributed by atoms with Crippen LogP contribution < -0.4 is 0 Å². The highest BCUT2D eigenvalue weighted by atomic mass is 16.7. The molecule has 1 aromatic carbocycles. The maximum Gasteiger partial charge on any atom is 0.159 e. The first-order valence-electron chi connectivity index (χ1n) is 6.41. The molecule has 0 aromatic heterocycles. The molecule has 1 aromatic rings. The molecule has 108 valence electrons. The zero-order valence-corrected chi connectivity index (χ0v) is 12.2. The van der Waals surface area contributed by atoms with Crippen molar-refractivity contribution in [1.82, 2.24) is 0 Å². The molecule has 0 bridgehead atoms. The van der Waals surface area contributed by atoms with E-state index < -0.39 is 0 Å². The Hall–Kier alpha value is -0.940. The third-order valence-corrected chi connectivity index (χ3v) is 3.25. The molecule has 4 nitrogen and oxygen atoms in total. The Bertz CT molecular complexity index is 324. The topological polar surface area (TPSA) is 36.9 Å². The standard InChI is InChI=1S/C15H24O4/c1-16-13(11-15(18-3)19-4)10-14(17-2)12-8-6-5-7-9-12/h5-9,13-15H,10-11H2,1-4H3. The van der Waals surface area contributed by atoms with Crippen LogP contribution in [0.2, 0.25) is 0 Å². The Morgan fingerprint density at radius 2 is 1.42 bits per heavy atom. The Morgan fingerprint density at radius 1 is 0.789 bits per heavy atom. The van der Waals surface area contributed by atoms with Crippen molar-refractivity contribution in [3.63, 3.8) is 0 Å². The summed E-state index contributed by atoms with van der Waals surface area (Å²) in [5, 5.41) is 0. The molecule has 0 radical (unpaired) electrons. The summed E-state index contributed by atoms with van der Waals surface area (Å²) in [5.74, 6) is 0. The first kappa shape index (κ1) is 16.1. The lowest BCUT2D eigenvalue weighted by Gasteiger charge is -2.24. The van der Waals surface area contributed by atoms with E-state index in [0.29, 0.717) is 6.42 Å². The molecule has 0 amide bonds. The van der Waals surface area contributed by atoms with Crippen molar-refractivity contribution in [2.24, 2.45) is 0 Å². The minimum atomic E-state index is -0.252. The number of hydrogen-bond donors (Lipinski definition) is 0. The van der Waals surface area contributed by atoms with Crippen LogP contribution in [0, 0.1) is 0 Å². The van der Waals surface area contributed by atoms with Gasteiger partial charge in [0, 0.05) is 41.3 Å². The number of ether oxygens (including phenoxy) is 4. The van der Waals surface area contributed by atoms with Gasteiger partial charge in [0.25, 0.3) is 0 Å². The van der Waals surface area contributed by atoms with Crippen molar-refractivity contribution >= 4 is 0 Å². The third kappa shape index (κ3) is 5.28. The van der Waals surface area contributed by atoms with Crippen LogP contribution in [0.1, 0.15) is 24.5 Å². The maximum atomic E-state index is 5.56. The van der Waals surface area contributed by atoms with E-state index in [0.717, 1.165) is 12.0 Å². The second kappa shape index (κ2) is 9.04. The molecule has 0 N–H and O–H groups in total. The van der Waals surface area contributed by atoms with Crippen LogP contribution in [0.3, 0.4) is 0 Å². The van der Waals surface area contributed by atoms with Crippen LogP contribution in [0.4, 0.5) is 0 Å². The first-order valence-corrected chi connectivity index (χ1v) is 6.41. The summed E-state index contributed by atoms with van der Waals surface area (Å²) < 4.78 is 21.5. The van der Waals surface area contributed by atoms with Crippen molar-refractivity contribution < 1.29 is 18.9 Å². The summed E-state index contributed by atoms with van der Waals surface area (Å²) in [6.07, 6.45) is 1.23. The van der Waals surface area contributed by atoms with Gasteiger partial charge in [-0.2, -0.15) is 0 Å². The lowest BCUT2D eigenvalue weighted by atomic mass is 10.0. The molecular formula is C15H24O4. The third-order valence-electron chi connectivity index (χ3n) is 3.25. The van der Waals surface area contributed by atoms with Gasteiger partial charge in [-0.05, 0) is 5.56 Å². The largest absolute Gasteiger partial charge is 0.381 e. The molecule has 0 aliphatic heterocycles. The van der Waals surface area contributed by atoms with E-state index in [4.69, 9.17) is 18.9 Å². The molecule has 0 fully saturated rings. The van der Waals surface area contributed by atoms with Crippen LogP contribution in [-0.2, 0) is 18.9 Å². The predicted octanol–water partition coefficient (Wildman–Crippen LogP) is 2.79. The Labute approximate surface area is 115 Å². The summed E-state index contributed by atoms with van der Waals surface area (Å²) in [7, 11) is 6.68. The Morgan fingerprint density at radius 3 is 1.89 bits per heavy atom. The van der Waals surface area contributed by atoms with Gasteiger partial charge in [0.2, 0.25) is 0 Å². The molecule has 0 saturated heterocycles. The van der Waals surface area contributed by atoms with Gasteiger partial charge in [-0.15, -0.1) is 0 Å². The van der Waals surface area contributed by atoms with Crippen LogP contribution in [-0.4, -0.2) is 40.8 Å². The van der Waals surface area contributed by atoms with E-state index in [1.165, 1.54) is 0 Å². The van der Waals surface area contributed by atoms with Crippen LogP contribution >= 0.6 is 0 Å². The van der Waals surface area contributed by atoms with E-state index in [1.807, 2.05) is 18.2 Å². The lowest BCUT2D eigenvalue weighted by Crippen LogP contribution is -2.25. The number of methoxy groups -OCH3 is 4. The van der Waals surface area contributed by atoms with E-state index >= 15 is 0 Å². The predicted molar refractivity (Wildman–Crippen MR) is 74.0 cm³/mol. The number of rotatable bonds is 9. The second-order valence-corrected chi connectivity index (χ2v) is 4.37. The van der Waals surface area contributed by atoms with Crippen molar-refractivity contribution in [3.05, 3.63) is 35.9 Å². The molecule has 4 heteroatoms. The summed E-state index contributed by atoms with van der Waals surface area (Å²) >= 11 is 0. The molecule has 0 aliphatic carbocycles. The van der Waals surface area contributed by atoms with Crippen LogP contribution in [0.5, 0.6) is 0 Å². The molecule has 0 heterocycles. The Balaban J connectivity index is 2.62. The lowest BCUT2D eigenvalue weighted by molar-refractivity contribution is -0.130. The van der Waals surface area contributed by atoms with E-state index in [2.05, 4.69) is 12.1 Å². The fraction of sp³-hybridized carbons (Fsp3) is 0.600. The molecule has 0 saturated carbocycles. The van der Waals surface area contributed by atoms with Gasteiger partial charge in [0.05, 0.1) is 12.2 Å². The minimum Gasteiger partial charge on any atom is -0.381 e. The highest BCUT2D eigenvalue weighted by molar-refractivity contribution is 5.17. The minimum absolute atomic E-state index is 0.0144. The quantitative estimate of drug-likeness (QED) is 0.645. The van der Waals surface area contributed by atoms with Gasteiger partial charge < -0.3 is 18.9 Å². The fourth-order valence-electron chi connectivity index (χ4n) is 2.07. The van der Waals surface area contributed by atoms with Crippen molar-refractivity contribution in [2.45, 2.75) is 31.3 Å². The highest BCUT2D eigenvalue weighted by Crippen LogP contribution is 2.25. The van der Waals surface area contributed by atoms with E-state index in [-0.39, 0.29) is 18.5 Å². The van der Waals surface area contributed by atoms with Crippen molar-refractivity contribution in [3.8, 4) is 0 Å². The van der Waals surface area contributed by atoms with Gasteiger partial charge >= 0.3 is 0 Å². The first-order chi connectivity index (χ1) is 9.24. The number of benzene rings is 1. The van der Waals surface area contributed by atoms with Crippen molar-refractivity contribution in [1.29, 1.82) is 0 Å². The monoisotopic (exact) mass is 268 g/mol. The summed E-state index contributed by atoms with van der Waals surface area (Å²) in [4.78, 5) is 0. The van der Waals surface area contributed by atoms with E-state index in [1.54, 1.807) is 28.4 Å². The van der Waals surface area contributed by atoms with Crippen LogP contribution in [0.25, 0.3) is 0 Å². The highest BCUT2D eigenvalue weighted by Gasteiger charge is 2.21. The summed E-state index contributed by atoms with van der Waals surface area (Å²) in [6.45, 7) is 0. The Kier molecular flexibility index (Phi) is 7.67. The maximum absolute atomic E-state index is 5.56. The SMILES string of the molecule is COC(CC(OC)OC)CC(OC)c1ccccc1. The smallest absolute Gasteiger partial charge is 0.159 e. The molecule has 2 atom stereocenters. The van der Waals surface area contributed by atoms with E-state index in [9.17, 15) is 0 Å². The van der Waals surface area contributed by atoms with Gasteiger partial charge in [-0.25, -0.2) is 0 Å². The molecule has 0 spiro atoms. The number of hydrogen-bond acceptors (Lipinski definition) is 4. The fourth-order valence-corrected chi connectivity index (χ4v) is 2.07. The summed E-state index contributed by atoms with van der Waals surface area (Å²) in [5.41, 5.74) is 1.15. The van der Waals surface area contributed by atoms with Gasteiger partial charge in [0.1, 0.15) is 0 Å². The summed E-state index contributed by atoms with van der Waals surface area (Å²) in [6, 6.07) is 10.1. The van der Waals surface area contributed by atoms with Crippen molar-refractivity contribution in [2.75, 3.05) is 28.4 Å². The van der Waals surface area contributed by atoms with Gasteiger partial charge in [0.15, 0.2) is 6.29 Å². The average Bonchev–Trinajstić information content (AvgIpc) is 2.48. The molecule has 2 unspecified atom stereocenters. The normalized spacial score (nSPS) is 14.6. The molecule has 1 rings (SSSR count). The van der Waals surface area contributed by atoms with Gasteiger partial charge in [-0.1, -0.05) is 30.3 Å². The zero-order valence-electron chi connectivity index (χ0n) is 12.2.